The molecule has 0 spiro atoms. The molecule has 0 saturated carbocycles. The molecule has 7 nitrogen and oxygen atoms in total. The van der Waals surface area contributed by atoms with E-state index < -0.39 is 34.4 Å². The molecule has 0 aliphatic rings. The highest BCUT2D eigenvalue weighted by Gasteiger charge is 2.33. The molecular formula is C26H26Cl3N3O4S. The van der Waals surface area contributed by atoms with E-state index in [1.165, 1.54) is 23.1 Å². The summed E-state index contributed by atoms with van der Waals surface area (Å²) in [6.45, 7) is 2.97. The minimum Gasteiger partial charge on any atom is -0.355 e. The fraction of sp³-hybridized carbons (Fsp3) is 0.231. The van der Waals surface area contributed by atoms with Crippen molar-refractivity contribution in [3.05, 3.63) is 93.4 Å². The van der Waals surface area contributed by atoms with Crippen LogP contribution in [0.3, 0.4) is 0 Å². The van der Waals surface area contributed by atoms with E-state index in [2.05, 4.69) is 5.32 Å². The number of amides is 2. The maximum absolute atomic E-state index is 13.8. The van der Waals surface area contributed by atoms with E-state index >= 15 is 0 Å². The van der Waals surface area contributed by atoms with Crippen molar-refractivity contribution < 1.29 is 18.0 Å². The molecule has 0 aromatic heterocycles. The molecule has 1 atom stereocenters. The van der Waals surface area contributed by atoms with E-state index in [0.717, 1.165) is 4.31 Å². The number of benzene rings is 3. The number of anilines is 1. The molecule has 2 amide bonds. The molecule has 0 saturated heterocycles. The largest absolute Gasteiger partial charge is 0.355 e. The molecule has 0 fully saturated rings. The summed E-state index contributed by atoms with van der Waals surface area (Å²) in [6.07, 6.45) is 0. The van der Waals surface area contributed by atoms with Gasteiger partial charge >= 0.3 is 0 Å². The van der Waals surface area contributed by atoms with Gasteiger partial charge in [0.2, 0.25) is 11.8 Å². The van der Waals surface area contributed by atoms with Gasteiger partial charge in [-0.1, -0.05) is 65.1 Å². The zero-order valence-corrected chi connectivity index (χ0v) is 23.3. The Morgan fingerprint density at radius 2 is 1.54 bits per heavy atom. The predicted molar refractivity (Wildman–Crippen MR) is 148 cm³/mol. The molecule has 37 heavy (non-hydrogen) atoms. The van der Waals surface area contributed by atoms with Gasteiger partial charge in [0.05, 0.1) is 10.6 Å². The highest BCUT2D eigenvalue weighted by atomic mass is 35.5. The first-order valence-corrected chi connectivity index (χ1v) is 14.0. The Labute approximate surface area is 232 Å². The first-order chi connectivity index (χ1) is 17.6. The molecule has 1 N–H and O–H groups in total. The number of hydrogen-bond donors (Lipinski definition) is 1. The Morgan fingerprint density at radius 3 is 2.14 bits per heavy atom. The van der Waals surface area contributed by atoms with Gasteiger partial charge in [0.15, 0.2) is 0 Å². The van der Waals surface area contributed by atoms with E-state index in [-0.39, 0.29) is 17.1 Å². The van der Waals surface area contributed by atoms with Gasteiger partial charge in [0, 0.05) is 33.7 Å². The zero-order valence-electron chi connectivity index (χ0n) is 20.2. The molecule has 0 aliphatic heterocycles. The molecule has 0 bridgehead atoms. The summed E-state index contributed by atoms with van der Waals surface area (Å²) in [5.41, 5.74) is 0.640. The minimum atomic E-state index is -4.17. The van der Waals surface area contributed by atoms with E-state index in [1.54, 1.807) is 68.4 Å². The second-order valence-electron chi connectivity index (χ2n) is 8.10. The molecule has 0 aliphatic carbocycles. The Morgan fingerprint density at radius 1 is 0.919 bits per heavy atom. The summed E-state index contributed by atoms with van der Waals surface area (Å²) in [6, 6.07) is 17.9. The summed E-state index contributed by atoms with van der Waals surface area (Å²) in [4.78, 5) is 27.8. The molecule has 3 rings (SSSR count). The number of hydrogen-bond acceptors (Lipinski definition) is 4. The molecule has 3 aromatic carbocycles. The third kappa shape index (κ3) is 6.96. The lowest BCUT2D eigenvalue weighted by atomic mass is 10.1. The van der Waals surface area contributed by atoms with Gasteiger partial charge in [-0.3, -0.25) is 13.9 Å². The number of sulfonamides is 1. The average molecular weight is 583 g/mol. The summed E-state index contributed by atoms with van der Waals surface area (Å²) >= 11 is 18.9. The van der Waals surface area contributed by atoms with Crippen LogP contribution in [0.2, 0.25) is 15.1 Å². The third-order valence-corrected chi connectivity index (χ3v) is 8.35. The number of nitrogens with zero attached hydrogens (tertiary/aromatic N) is 2. The summed E-state index contributed by atoms with van der Waals surface area (Å²) < 4.78 is 28.3. The SMILES string of the molecule is CCNC(=O)[C@@H](C)N(Cc1c(Cl)cccc1Cl)C(=O)CN(c1cccc(Cl)c1)S(=O)(=O)c1ccccc1. The molecule has 0 radical (unpaired) electrons. The second-order valence-corrected chi connectivity index (χ2v) is 11.2. The van der Waals surface area contributed by atoms with E-state index in [9.17, 15) is 18.0 Å². The Hall–Kier alpha value is -2.78. The van der Waals surface area contributed by atoms with Gasteiger partial charge < -0.3 is 10.2 Å². The van der Waals surface area contributed by atoms with Crippen molar-refractivity contribution in [2.24, 2.45) is 0 Å². The fourth-order valence-electron chi connectivity index (χ4n) is 3.64. The van der Waals surface area contributed by atoms with Crippen molar-refractivity contribution in [3.8, 4) is 0 Å². The number of carbonyl (C=O) groups excluding carboxylic acids is 2. The smallest absolute Gasteiger partial charge is 0.264 e. The van der Waals surface area contributed by atoms with Gasteiger partial charge in [0.25, 0.3) is 10.0 Å². The van der Waals surface area contributed by atoms with Gasteiger partial charge in [-0.05, 0) is 56.3 Å². The normalized spacial score (nSPS) is 12.0. The molecule has 0 heterocycles. The van der Waals surface area contributed by atoms with Crippen molar-refractivity contribution in [2.75, 3.05) is 17.4 Å². The van der Waals surface area contributed by atoms with Crippen molar-refractivity contribution in [2.45, 2.75) is 31.3 Å². The highest BCUT2D eigenvalue weighted by Crippen LogP contribution is 2.29. The number of likely N-dealkylation sites (N-methyl/N-ethyl adjacent to an activating group) is 1. The van der Waals surface area contributed by atoms with E-state index in [0.29, 0.717) is 27.2 Å². The summed E-state index contributed by atoms with van der Waals surface area (Å²) in [5.74, 6) is -1.03. The molecular weight excluding hydrogens is 557 g/mol. The standard InChI is InChI=1S/C26H26Cl3N3O4S/c1-3-30-26(34)18(2)31(16-22-23(28)13-8-14-24(22)29)25(33)17-32(20-10-7-9-19(27)15-20)37(35,36)21-11-5-4-6-12-21/h4-15,18H,3,16-17H2,1-2H3,(H,30,34)/t18-/m1/s1. The first kappa shape index (κ1) is 28.8. The number of nitrogens with one attached hydrogen (secondary N) is 1. The van der Waals surface area contributed by atoms with Crippen LogP contribution in [-0.4, -0.2) is 44.3 Å². The number of carbonyl (C=O) groups is 2. The average Bonchev–Trinajstić information content (AvgIpc) is 2.87. The fourth-order valence-corrected chi connectivity index (χ4v) is 5.77. The topological polar surface area (TPSA) is 86.8 Å². The van der Waals surface area contributed by atoms with Crippen LogP contribution in [-0.2, 0) is 26.2 Å². The van der Waals surface area contributed by atoms with E-state index in [1.807, 2.05) is 0 Å². The van der Waals surface area contributed by atoms with Crippen molar-refractivity contribution in [3.63, 3.8) is 0 Å². The minimum absolute atomic E-state index is 0.000230. The second kappa shape index (κ2) is 12.6. The summed E-state index contributed by atoms with van der Waals surface area (Å²) in [5, 5.41) is 3.63. The predicted octanol–water partition coefficient (Wildman–Crippen LogP) is 5.40. The van der Waals surface area contributed by atoms with Crippen LogP contribution in [0.4, 0.5) is 5.69 Å². The lowest BCUT2D eigenvalue weighted by Crippen LogP contribution is -2.51. The Balaban J connectivity index is 2.06. The van der Waals surface area contributed by atoms with Crippen LogP contribution < -0.4 is 9.62 Å². The summed E-state index contributed by atoms with van der Waals surface area (Å²) in [7, 11) is -4.17. The van der Waals surface area contributed by atoms with Gasteiger partial charge in [-0.25, -0.2) is 8.42 Å². The Bertz CT molecular complexity index is 1350. The maximum Gasteiger partial charge on any atom is 0.264 e. The van der Waals surface area contributed by atoms with Crippen molar-refractivity contribution in [1.82, 2.24) is 10.2 Å². The Kier molecular flexibility index (Phi) is 9.84. The molecule has 11 heteroatoms. The van der Waals surface area contributed by atoms with Crippen molar-refractivity contribution >= 4 is 62.3 Å². The molecule has 196 valence electrons. The van der Waals surface area contributed by atoms with Gasteiger partial charge in [-0.15, -0.1) is 0 Å². The van der Waals surface area contributed by atoms with Crippen LogP contribution in [0, 0.1) is 0 Å². The highest BCUT2D eigenvalue weighted by molar-refractivity contribution is 7.92. The zero-order chi connectivity index (χ0) is 27.2. The monoisotopic (exact) mass is 581 g/mol. The van der Waals surface area contributed by atoms with E-state index in [4.69, 9.17) is 34.8 Å². The van der Waals surface area contributed by atoms with Gasteiger partial charge in [-0.2, -0.15) is 0 Å². The first-order valence-electron chi connectivity index (χ1n) is 11.4. The van der Waals surface area contributed by atoms with Crippen LogP contribution in [0.25, 0.3) is 0 Å². The van der Waals surface area contributed by atoms with Crippen LogP contribution in [0.1, 0.15) is 19.4 Å². The van der Waals surface area contributed by atoms with Crippen LogP contribution in [0.15, 0.2) is 77.7 Å². The lowest BCUT2D eigenvalue weighted by molar-refractivity contribution is -0.139. The van der Waals surface area contributed by atoms with Gasteiger partial charge in [0.1, 0.15) is 12.6 Å². The molecule has 0 unspecified atom stereocenters. The lowest BCUT2D eigenvalue weighted by Gasteiger charge is -2.32. The quantitative estimate of drug-likeness (QED) is 0.347. The maximum atomic E-state index is 13.8. The van der Waals surface area contributed by atoms with Crippen LogP contribution in [0.5, 0.6) is 0 Å². The third-order valence-electron chi connectivity index (χ3n) is 5.61. The number of rotatable bonds is 10. The molecule has 3 aromatic rings. The van der Waals surface area contributed by atoms with Crippen molar-refractivity contribution in [1.29, 1.82) is 0 Å². The number of halogens is 3. The van der Waals surface area contributed by atoms with Crippen LogP contribution >= 0.6 is 34.8 Å².